The summed E-state index contributed by atoms with van der Waals surface area (Å²) in [6.45, 7) is 2.17. The Morgan fingerprint density at radius 1 is 1.09 bits per heavy atom. The van der Waals surface area contributed by atoms with Crippen molar-refractivity contribution in [2.45, 2.75) is 19.5 Å². The Labute approximate surface area is 184 Å². The van der Waals surface area contributed by atoms with Gasteiger partial charge in [-0.25, -0.2) is 9.97 Å². The quantitative estimate of drug-likeness (QED) is 0.284. The van der Waals surface area contributed by atoms with E-state index in [2.05, 4.69) is 9.88 Å². The average molecular weight is 427 g/mol. The molecule has 0 radical (unpaired) electrons. The summed E-state index contributed by atoms with van der Waals surface area (Å²) in [5, 5.41) is 11.3. The molecule has 0 fully saturated rings. The molecule has 5 rings (SSSR count). The van der Waals surface area contributed by atoms with Crippen LogP contribution in [0.15, 0.2) is 71.3 Å². The first-order valence-electron chi connectivity index (χ1n) is 10.3. The number of nitrogens with two attached hydrogens (primary N) is 1. The highest BCUT2D eigenvalue weighted by molar-refractivity contribution is 5.69. The van der Waals surface area contributed by atoms with Gasteiger partial charge in [-0.1, -0.05) is 12.1 Å². The molecule has 1 aliphatic rings. The average Bonchev–Trinajstić information content (AvgIpc) is 3.27. The van der Waals surface area contributed by atoms with Crippen LogP contribution in [-0.2, 0) is 19.5 Å². The molecule has 2 aromatic carbocycles. The highest BCUT2D eigenvalue weighted by Crippen LogP contribution is 2.31. The van der Waals surface area contributed by atoms with E-state index in [9.17, 15) is 10.1 Å². The second-order valence-corrected chi connectivity index (χ2v) is 7.79. The van der Waals surface area contributed by atoms with E-state index < -0.39 is 4.92 Å². The molecule has 160 valence electrons. The second kappa shape index (κ2) is 8.24. The van der Waals surface area contributed by atoms with Crippen molar-refractivity contribution in [2.75, 3.05) is 12.3 Å². The van der Waals surface area contributed by atoms with Crippen LogP contribution < -0.4 is 5.73 Å². The van der Waals surface area contributed by atoms with E-state index in [0.717, 1.165) is 42.1 Å². The van der Waals surface area contributed by atoms with Crippen molar-refractivity contribution in [1.82, 2.24) is 14.9 Å². The van der Waals surface area contributed by atoms with Gasteiger partial charge in [0.05, 0.1) is 22.7 Å². The molecule has 0 saturated heterocycles. The number of para-hydroxylation sites is 1. The van der Waals surface area contributed by atoms with Gasteiger partial charge in [0.25, 0.3) is 5.69 Å². The maximum Gasteiger partial charge on any atom is 0.280 e. The summed E-state index contributed by atoms with van der Waals surface area (Å²) >= 11 is 0. The van der Waals surface area contributed by atoms with Gasteiger partial charge in [0.15, 0.2) is 5.82 Å². The summed E-state index contributed by atoms with van der Waals surface area (Å²) in [6, 6.07) is 17.8. The molecule has 2 aromatic heterocycles. The molecule has 0 aliphatic carbocycles. The zero-order valence-electron chi connectivity index (χ0n) is 17.3. The number of nitrogen functional groups attached to an aromatic ring is 1. The number of aromatic nitrogens is 2. The predicted octanol–water partition coefficient (Wildman–Crippen LogP) is 4.45. The van der Waals surface area contributed by atoms with E-state index in [1.165, 1.54) is 6.07 Å². The Hall–Kier alpha value is -4.04. The molecule has 8 nitrogen and oxygen atoms in total. The third-order valence-electron chi connectivity index (χ3n) is 5.59. The molecule has 0 spiro atoms. The number of nitrogens with zero attached hydrogens (tertiary/aromatic N) is 4. The van der Waals surface area contributed by atoms with Crippen LogP contribution in [0, 0.1) is 10.1 Å². The van der Waals surface area contributed by atoms with Crippen LogP contribution in [0.3, 0.4) is 0 Å². The topological polar surface area (TPSA) is 111 Å². The van der Waals surface area contributed by atoms with Gasteiger partial charge in [-0.05, 0) is 42.5 Å². The Balaban J connectivity index is 1.30. The normalized spacial score (nSPS) is 13.6. The summed E-state index contributed by atoms with van der Waals surface area (Å²) in [7, 11) is 0. The Morgan fingerprint density at radius 2 is 1.91 bits per heavy atom. The monoisotopic (exact) mass is 427 g/mol. The first-order valence-corrected chi connectivity index (χ1v) is 10.3. The maximum atomic E-state index is 11.3. The molecule has 2 N–H and O–H groups in total. The first-order chi connectivity index (χ1) is 15.6. The van der Waals surface area contributed by atoms with Crippen molar-refractivity contribution in [2.24, 2.45) is 0 Å². The molecule has 0 bridgehead atoms. The highest BCUT2D eigenvalue weighted by atomic mass is 16.6. The summed E-state index contributed by atoms with van der Waals surface area (Å²) in [5.74, 6) is 1.97. The lowest BCUT2D eigenvalue weighted by molar-refractivity contribution is -0.384. The minimum absolute atomic E-state index is 0.0364. The molecule has 4 aromatic rings. The third-order valence-corrected chi connectivity index (χ3v) is 5.59. The molecule has 1 aliphatic heterocycles. The van der Waals surface area contributed by atoms with Crippen LogP contribution >= 0.6 is 0 Å². The summed E-state index contributed by atoms with van der Waals surface area (Å²) in [6.07, 6.45) is 2.71. The summed E-state index contributed by atoms with van der Waals surface area (Å²) in [5.41, 5.74) is 10.1. The zero-order chi connectivity index (χ0) is 22.1. The minimum Gasteiger partial charge on any atom is -0.459 e. The van der Waals surface area contributed by atoms with Crippen LogP contribution in [0.4, 0.5) is 11.4 Å². The minimum atomic E-state index is -0.391. The number of rotatable bonds is 5. The molecule has 32 heavy (non-hydrogen) atoms. The van der Waals surface area contributed by atoms with Crippen LogP contribution in [0.25, 0.3) is 22.7 Å². The van der Waals surface area contributed by atoms with Gasteiger partial charge in [0, 0.05) is 48.6 Å². The van der Waals surface area contributed by atoms with E-state index in [1.54, 1.807) is 24.3 Å². The number of anilines is 1. The molecule has 0 unspecified atom stereocenters. The van der Waals surface area contributed by atoms with E-state index in [0.29, 0.717) is 29.4 Å². The number of benzene rings is 2. The standard InChI is InChI=1S/C24H21N5O3/c25-18-7-5-16(6-8-18)24-26-13-17-14-28(12-11-21(17)27-24)15-19-9-10-23(32-19)20-3-1-2-4-22(20)29(30)31/h1-10,13H,11-12,14-15,25H2. The number of hydrogen-bond donors (Lipinski definition) is 1. The van der Waals surface area contributed by atoms with Crippen molar-refractivity contribution in [1.29, 1.82) is 0 Å². The van der Waals surface area contributed by atoms with E-state index in [1.807, 2.05) is 36.5 Å². The lowest BCUT2D eigenvalue weighted by Gasteiger charge is -2.27. The molecule has 0 amide bonds. The number of nitro groups is 1. The Morgan fingerprint density at radius 3 is 2.72 bits per heavy atom. The summed E-state index contributed by atoms with van der Waals surface area (Å²) < 4.78 is 5.95. The number of fused-ring (bicyclic) bond motifs is 1. The lowest BCUT2D eigenvalue weighted by atomic mass is 10.1. The second-order valence-electron chi connectivity index (χ2n) is 7.79. The van der Waals surface area contributed by atoms with Crippen LogP contribution in [-0.4, -0.2) is 26.3 Å². The van der Waals surface area contributed by atoms with Crippen molar-refractivity contribution in [3.05, 3.63) is 94.0 Å². The molecular weight excluding hydrogens is 406 g/mol. The molecule has 8 heteroatoms. The molecular formula is C24H21N5O3. The van der Waals surface area contributed by atoms with Crippen molar-refractivity contribution < 1.29 is 9.34 Å². The third kappa shape index (κ3) is 3.95. The van der Waals surface area contributed by atoms with Crippen LogP contribution in [0.5, 0.6) is 0 Å². The van der Waals surface area contributed by atoms with Crippen molar-refractivity contribution in [3.63, 3.8) is 0 Å². The lowest BCUT2D eigenvalue weighted by Crippen LogP contribution is -2.30. The van der Waals surface area contributed by atoms with E-state index in [-0.39, 0.29) is 5.69 Å². The molecule has 0 saturated carbocycles. The maximum absolute atomic E-state index is 11.3. The fraction of sp³-hybridized carbons (Fsp3) is 0.167. The smallest absolute Gasteiger partial charge is 0.280 e. The van der Waals surface area contributed by atoms with Gasteiger partial charge in [0.1, 0.15) is 11.5 Å². The summed E-state index contributed by atoms with van der Waals surface area (Å²) in [4.78, 5) is 22.5. The fourth-order valence-corrected chi connectivity index (χ4v) is 3.95. The van der Waals surface area contributed by atoms with Gasteiger partial charge in [-0.2, -0.15) is 0 Å². The van der Waals surface area contributed by atoms with Gasteiger partial charge in [-0.3, -0.25) is 15.0 Å². The van der Waals surface area contributed by atoms with Crippen LogP contribution in [0.2, 0.25) is 0 Å². The molecule has 0 atom stereocenters. The van der Waals surface area contributed by atoms with Crippen molar-refractivity contribution in [3.8, 4) is 22.7 Å². The van der Waals surface area contributed by atoms with Gasteiger partial charge < -0.3 is 10.2 Å². The Kier molecular flexibility index (Phi) is 5.12. The van der Waals surface area contributed by atoms with E-state index in [4.69, 9.17) is 15.1 Å². The van der Waals surface area contributed by atoms with Crippen LogP contribution in [0.1, 0.15) is 17.0 Å². The van der Waals surface area contributed by atoms with Crippen molar-refractivity contribution >= 4 is 11.4 Å². The zero-order valence-corrected chi connectivity index (χ0v) is 17.3. The molecule has 3 heterocycles. The number of hydrogen-bond acceptors (Lipinski definition) is 7. The number of nitro benzene ring substituents is 1. The SMILES string of the molecule is Nc1ccc(-c2ncc3c(n2)CCN(Cc2ccc(-c4ccccc4[N+](=O)[O-])o2)C3)cc1. The van der Waals surface area contributed by atoms with Gasteiger partial charge >= 0.3 is 0 Å². The van der Waals surface area contributed by atoms with Gasteiger partial charge in [-0.15, -0.1) is 0 Å². The Bertz CT molecular complexity index is 1280. The fourth-order valence-electron chi connectivity index (χ4n) is 3.95. The van der Waals surface area contributed by atoms with Gasteiger partial charge in [0.2, 0.25) is 0 Å². The number of furan rings is 1. The highest BCUT2D eigenvalue weighted by Gasteiger charge is 2.21. The predicted molar refractivity (Wildman–Crippen MR) is 120 cm³/mol. The first kappa shape index (κ1) is 19.9. The van der Waals surface area contributed by atoms with E-state index >= 15 is 0 Å². The largest absolute Gasteiger partial charge is 0.459 e.